The van der Waals surface area contributed by atoms with Gasteiger partial charge in [0, 0.05) is 6.61 Å². The van der Waals surface area contributed by atoms with Gasteiger partial charge in [-0.05, 0) is 24.7 Å². The van der Waals surface area contributed by atoms with E-state index >= 15 is 0 Å². The summed E-state index contributed by atoms with van der Waals surface area (Å²) in [5.74, 6) is 0. The van der Waals surface area contributed by atoms with E-state index in [1.54, 1.807) is 0 Å². The molecule has 0 fully saturated rings. The number of aliphatic hydroxyl groups is 1. The molecule has 1 N–H and O–H groups in total. The van der Waals surface area contributed by atoms with E-state index in [9.17, 15) is 5.11 Å². The first-order valence-corrected chi connectivity index (χ1v) is 7.85. The molecule has 0 aromatic heterocycles. The maximum atomic E-state index is 9.48. The summed E-state index contributed by atoms with van der Waals surface area (Å²) in [7, 11) is 0. The predicted octanol–water partition coefficient (Wildman–Crippen LogP) is 5.32. The van der Waals surface area contributed by atoms with Crippen LogP contribution in [-0.4, -0.2) is 11.7 Å². The van der Waals surface area contributed by atoms with Crippen molar-refractivity contribution in [2.24, 2.45) is 5.41 Å². The Labute approximate surface area is 109 Å². The fourth-order valence-corrected chi connectivity index (χ4v) is 2.54. The van der Waals surface area contributed by atoms with Crippen LogP contribution in [0.1, 0.15) is 91.4 Å². The van der Waals surface area contributed by atoms with Crippen molar-refractivity contribution < 1.29 is 5.11 Å². The largest absolute Gasteiger partial charge is 0.396 e. The van der Waals surface area contributed by atoms with E-state index in [0.717, 1.165) is 12.8 Å². The highest BCUT2D eigenvalue weighted by molar-refractivity contribution is 4.75. The summed E-state index contributed by atoms with van der Waals surface area (Å²) in [6.45, 7) is 7.06. The van der Waals surface area contributed by atoms with E-state index in [1.165, 1.54) is 57.8 Å². The molecule has 0 amide bonds. The molecule has 0 spiro atoms. The summed E-state index contributed by atoms with van der Waals surface area (Å²) in [6.07, 6.45) is 14.5. The van der Waals surface area contributed by atoms with Crippen molar-refractivity contribution in [1.29, 1.82) is 0 Å². The molecule has 0 unspecified atom stereocenters. The van der Waals surface area contributed by atoms with E-state index in [2.05, 4.69) is 20.8 Å². The Kier molecular flexibility index (Phi) is 11.0. The minimum atomic E-state index is 0.224. The second-order valence-corrected chi connectivity index (χ2v) is 5.59. The minimum Gasteiger partial charge on any atom is -0.396 e. The number of hydrogen-bond donors (Lipinski definition) is 1. The summed E-state index contributed by atoms with van der Waals surface area (Å²) in [5, 5.41) is 9.48. The van der Waals surface area contributed by atoms with Crippen LogP contribution in [0.4, 0.5) is 0 Å². The molecule has 1 heteroatoms. The zero-order chi connectivity index (χ0) is 13.0. The fraction of sp³-hybridized carbons (Fsp3) is 1.00. The van der Waals surface area contributed by atoms with Crippen LogP contribution >= 0.6 is 0 Å². The Morgan fingerprint density at radius 1 is 0.706 bits per heavy atom. The third-order valence-corrected chi connectivity index (χ3v) is 4.40. The predicted molar refractivity (Wildman–Crippen MR) is 77.3 cm³/mol. The highest BCUT2D eigenvalue weighted by atomic mass is 16.3. The molecular formula is C16H34O. The summed E-state index contributed by atoms with van der Waals surface area (Å²) >= 11 is 0. The standard InChI is InChI=1S/C16H34O/c1-4-7-8-9-10-11-12-13-14-16(5-2,6-3)15-17/h17H,4-15H2,1-3H3. The SMILES string of the molecule is CCCCCCCCCCC(CC)(CC)CO. The van der Waals surface area contributed by atoms with E-state index in [4.69, 9.17) is 0 Å². The lowest BCUT2D eigenvalue weighted by atomic mass is 9.78. The Morgan fingerprint density at radius 2 is 1.18 bits per heavy atom. The summed E-state index contributed by atoms with van der Waals surface area (Å²) in [4.78, 5) is 0. The monoisotopic (exact) mass is 242 g/mol. The van der Waals surface area contributed by atoms with Crippen LogP contribution in [0, 0.1) is 5.41 Å². The second-order valence-electron chi connectivity index (χ2n) is 5.59. The fourth-order valence-electron chi connectivity index (χ4n) is 2.54. The van der Waals surface area contributed by atoms with E-state index in [1.807, 2.05) is 0 Å². The maximum absolute atomic E-state index is 9.48. The molecule has 0 saturated carbocycles. The van der Waals surface area contributed by atoms with Crippen molar-refractivity contribution in [3.63, 3.8) is 0 Å². The average molecular weight is 242 g/mol. The average Bonchev–Trinajstić information content (AvgIpc) is 2.38. The van der Waals surface area contributed by atoms with Gasteiger partial charge in [0.1, 0.15) is 0 Å². The first-order chi connectivity index (χ1) is 8.24. The number of hydrogen-bond acceptors (Lipinski definition) is 1. The van der Waals surface area contributed by atoms with E-state index < -0.39 is 0 Å². The van der Waals surface area contributed by atoms with Crippen molar-refractivity contribution in [2.75, 3.05) is 6.61 Å². The maximum Gasteiger partial charge on any atom is 0.0487 e. The van der Waals surface area contributed by atoms with Crippen molar-refractivity contribution in [1.82, 2.24) is 0 Å². The molecule has 0 atom stereocenters. The third-order valence-electron chi connectivity index (χ3n) is 4.40. The molecular weight excluding hydrogens is 208 g/mol. The molecule has 1 nitrogen and oxygen atoms in total. The van der Waals surface area contributed by atoms with Gasteiger partial charge in [0.15, 0.2) is 0 Å². The van der Waals surface area contributed by atoms with Crippen LogP contribution < -0.4 is 0 Å². The highest BCUT2D eigenvalue weighted by Crippen LogP contribution is 2.32. The van der Waals surface area contributed by atoms with E-state index in [-0.39, 0.29) is 5.41 Å². The van der Waals surface area contributed by atoms with Crippen molar-refractivity contribution in [2.45, 2.75) is 91.4 Å². The molecule has 104 valence electrons. The number of rotatable bonds is 12. The van der Waals surface area contributed by atoms with Gasteiger partial charge in [-0.25, -0.2) is 0 Å². The lowest BCUT2D eigenvalue weighted by Crippen LogP contribution is -2.23. The van der Waals surface area contributed by atoms with Gasteiger partial charge in [-0.1, -0.05) is 72.1 Å². The molecule has 0 aromatic carbocycles. The first-order valence-electron chi connectivity index (χ1n) is 7.85. The van der Waals surface area contributed by atoms with Crippen LogP contribution in [0.3, 0.4) is 0 Å². The molecule has 0 bridgehead atoms. The van der Waals surface area contributed by atoms with Gasteiger partial charge in [0.25, 0.3) is 0 Å². The van der Waals surface area contributed by atoms with Gasteiger partial charge in [0.05, 0.1) is 0 Å². The molecule has 0 aromatic rings. The summed E-state index contributed by atoms with van der Waals surface area (Å²) in [5.41, 5.74) is 0.224. The van der Waals surface area contributed by atoms with Gasteiger partial charge in [-0.15, -0.1) is 0 Å². The molecule has 0 aliphatic carbocycles. The molecule has 0 aliphatic heterocycles. The molecule has 0 rings (SSSR count). The van der Waals surface area contributed by atoms with Gasteiger partial charge < -0.3 is 5.11 Å². The van der Waals surface area contributed by atoms with Crippen molar-refractivity contribution in [3.05, 3.63) is 0 Å². The zero-order valence-corrected chi connectivity index (χ0v) is 12.4. The smallest absolute Gasteiger partial charge is 0.0487 e. The van der Waals surface area contributed by atoms with Crippen LogP contribution in [0.2, 0.25) is 0 Å². The lowest BCUT2D eigenvalue weighted by molar-refractivity contribution is 0.102. The second kappa shape index (κ2) is 11.1. The Hall–Kier alpha value is -0.0400. The van der Waals surface area contributed by atoms with Crippen LogP contribution in [0.25, 0.3) is 0 Å². The van der Waals surface area contributed by atoms with Gasteiger partial charge in [0.2, 0.25) is 0 Å². The molecule has 0 radical (unpaired) electrons. The van der Waals surface area contributed by atoms with Crippen molar-refractivity contribution in [3.8, 4) is 0 Å². The third kappa shape index (κ3) is 7.81. The van der Waals surface area contributed by atoms with Crippen LogP contribution in [0.5, 0.6) is 0 Å². The zero-order valence-electron chi connectivity index (χ0n) is 12.4. The number of aliphatic hydroxyl groups excluding tert-OH is 1. The summed E-state index contributed by atoms with van der Waals surface area (Å²) < 4.78 is 0. The van der Waals surface area contributed by atoms with Gasteiger partial charge in [-0.3, -0.25) is 0 Å². The topological polar surface area (TPSA) is 20.2 Å². The molecule has 17 heavy (non-hydrogen) atoms. The van der Waals surface area contributed by atoms with E-state index in [0.29, 0.717) is 6.61 Å². The van der Waals surface area contributed by atoms with Gasteiger partial charge >= 0.3 is 0 Å². The Balaban J connectivity index is 3.43. The first kappa shape index (κ1) is 17.0. The van der Waals surface area contributed by atoms with Gasteiger partial charge in [-0.2, -0.15) is 0 Å². The molecule has 0 aliphatic rings. The van der Waals surface area contributed by atoms with Crippen LogP contribution in [-0.2, 0) is 0 Å². The minimum absolute atomic E-state index is 0.224. The Morgan fingerprint density at radius 3 is 1.59 bits per heavy atom. The van der Waals surface area contributed by atoms with Crippen molar-refractivity contribution >= 4 is 0 Å². The Bertz CT molecular complexity index is 141. The lowest BCUT2D eigenvalue weighted by Gasteiger charge is -2.29. The number of unbranched alkanes of at least 4 members (excludes halogenated alkanes) is 7. The normalized spacial score (nSPS) is 12.0. The quantitative estimate of drug-likeness (QED) is 0.459. The molecule has 0 saturated heterocycles. The highest BCUT2D eigenvalue weighted by Gasteiger charge is 2.23. The summed E-state index contributed by atoms with van der Waals surface area (Å²) in [6, 6.07) is 0. The van der Waals surface area contributed by atoms with Crippen LogP contribution in [0.15, 0.2) is 0 Å². The molecule has 0 heterocycles.